The number of para-hydroxylation sites is 1. The highest BCUT2D eigenvalue weighted by Crippen LogP contribution is 2.23. The van der Waals surface area contributed by atoms with Gasteiger partial charge in [0.05, 0.1) is 10.5 Å². The smallest absolute Gasteiger partial charge is 0.273 e. The third kappa shape index (κ3) is 4.60. The number of hydrazine groups is 1. The molecule has 1 unspecified atom stereocenters. The summed E-state index contributed by atoms with van der Waals surface area (Å²) in [5.74, 6) is -1.41. The number of nitrogens with one attached hydrogen (secondary N) is 3. The van der Waals surface area contributed by atoms with Gasteiger partial charge in [-0.05, 0) is 30.7 Å². The van der Waals surface area contributed by atoms with Crippen molar-refractivity contribution in [1.29, 1.82) is 0 Å². The van der Waals surface area contributed by atoms with Crippen molar-refractivity contribution in [2.24, 2.45) is 4.99 Å². The summed E-state index contributed by atoms with van der Waals surface area (Å²) in [4.78, 5) is 29.3. The average Bonchev–Trinajstić information content (AvgIpc) is 2.99. The first kappa shape index (κ1) is 21.3. The molecule has 30 heavy (non-hydrogen) atoms. The molecule has 1 atom stereocenters. The zero-order valence-electron chi connectivity index (χ0n) is 16.3. The molecule has 10 heteroatoms. The van der Waals surface area contributed by atoms with Crippen LogP contribution in [-0.4, -0.2) is 37.2 Å². The van der Waals surface area contributed by atoms with Crippen LogP contribution >= 0.6 is 0 Å². The molecule has 1 aliphatic rings. The number of amides is 2. The van der Waals surface area contributed by atoms with Gasteiger partial charge in [0.1, 0.15) is 17.6 Å². The largest absolute Gasteiger partial charge is 0.507 e. The number of unbranched alkanes of at least 4 members (excludes halogenated alkanes) is 1. The van der Waals surface area contributed by atoms with Crippen LogP contribution in [-0.2, 0) is 14.8 Å². The molecule has 0 fully saturated rings. The fourth-order valence-corrected chi connectivity index (χ4v) is 4.21. The number of phenolic OH excluding ortho intramolecular Hbond substituents is 1. The minimum atomic E-state index is -3.72. The van der Waals surface area contributed by atoms with E-state index in [1.54, 1.807) is 30.3 Å². The van der Waals surface area contributed by atoms with Crippen molar-refractivity contribution in [3.63, 3.8) is 0 Å². The monoisotopic (exact) mass is 430 g/mol. The Hall–Kier alpha value is -3.40. The van der Waals surface area contributed by atoms with E-state index in [2.05, 4.69) is 20.6 Å². The molecule has 158 valence electrons. The van der Waals surface area contributed by atoms with Gasteiger partial charge in [0.2, 0.25) is 0 Å². The van der Waals surface area contributed by atoms with E-state index < -0.39 is 27.9 Å². The van der Waals surface area contributed by atoms with Crippen LogP contribution < -0.4 is 15.6 Å². The third-order valence-corrected chi connectivity index (χ3v) is 5.93. The molecule has 0 aliphatic carbocycles. The molecule has 2 aromatic rings. The van der Waals surface area contributed by atoms with E-state index >= 15 is 0 Å². The van der Waals surface area contributed by atoms with E-state index in [0.717, 1.165) is 6.42 Å². The molecule has 2 amide bonds. The van der Waals surface area contributed by atoms with Crippen LogP contribution in [0.2, 0.25) is 0 Å². The van der Waals surface area contributed by atoms with Gasteiger partial charge in [-0.2, -0.15) is 0 Å². The minimum absolute atomic E-state index is 0.00621. The Morgan fingerprint density at radius 3 is 2.53 bits per heavy atom. The summed E-state index contributed by atoms with van der Waals surface area (Å²) in [5, 5.41) is 9.74. The summed E-state index contributed by atoms with van der Waals surface area (Å²) in [7, 11) is -3.72. The lowest BCUT2D eigenvalue weighted by molar-refractivity contribution is -0.123. The van der Waals surface area contributed by atoms with Crippen molar-refractivity contribution in [3.8, 4) is 5.75 Å². The van der Waals surface area contributed by atoms with E-state index in [0.29, 0.717) is 18.4 Å². The normalized spacial score (nSPS) is 16.4. The number of aliphatic imine (C=N–C) groups is 1. The lowest BCUT2D eigenvalue weighted by Crippen LogP contribution is -2.46. The molecule has 2 aromatic carbocycles. The molecule has 0 aromatic heterocycles. The van der Waals surface area contributed by atoms with Crippen molar-refractivity contribution in [2.75, 3.05) is 0 Å². The van der Waals surface area contributed by atoms with Gasteiger partial charge in [-0.25, -0.2) is 8.42 Å². The van der Waals surface area contributed by atoms with Gasteiger partial charge in [-0.15, -0.1) is 0 Å². The van der Waals surface area contributed by atoms with E-state index in [1.807, 2.05) is 6.92 Å². The van der Waals surface area contributed by atoms with Gasteiger partial charge in [0.25, 0.3) is 21.8 Å². The first-order chi connectivity index (χ1) is 14.3. The van der Waals surface area contributed by atoms with Crippen molar-refractivity contribution in [1.82, 2.24) is 15.6 Å². The molecular formula is C20H22N4O5S. The van der Waals surface area contributed by atoms with E-state index in [-0.39, 0.29) is 22.0 Å². The van der Waals surface area contributed by atoms with Crippen LogP contribution in [0.1, 0.15) is 42.1 Å². The number of carbonyl (C=O) groups excluding carboxylic acids is 2. The van der Waals surface area contributed by atoms with Gasteiger partial charge >= 0.3 is 0 Å². The molecule has 3 rings (SSSR count). The van der Waals surface area contributed by atoms with E-state index in [1.165, 1.54) is 18.2 Å². The zero-order chi connectivity index (χ0) is 21.7. The Morgan fingerprint density at radius 1 is 1.10 bits per heavy atom. The van der Waals surface area contributed by atoms with Crippen LogP contribution in [0.25, 0.3) is 0 Å². The number of rotatable bonds is 6. The molecule has 4 N–H and O–H groups in total. The van der Waals surface area contributed by atoms with E-state index in [9.17, 15) is 23.1 Å². The van der Waals surface area contributed by atoms with Crippen LogP contribution in [0.5, 0.6) is 5.75 Å². The van der Waals surface area contributed by atoms with Crippen LogP contribution in [0.4, 0.5) is 0 Å². The maximum Gasteiger partial charge on any atom is 0.273 e. The first-order valence-electron chi connectivity index (χ1n) is 9.41. The number of benzene rings is 2. The second-order valence-electron chi connectivity index (χ2n) is 6.70. The summed E-state index contributed by atoms with van der Waals surface area (Å²) in [6.07, 6.45) is 1.85. The Kier molecular flexibility index (Phi) is 6.36. The van der Waals surface area contributed by atoms with Crippen molar-refractivity contribution in [2.45, 2.75) is 37.1 Å². The Morgan fingerprint density at radius 2 is 1.80 bits per heavy atom. The standard InChI is InChI=1S/C20H22N4O5S/c1-2-3-10-15(20(27)23-22-19(26)13-8-4-6-11-16(13)25)21-18-14-9-5-7-12-17(14)30(28,29)24-18/h4-9,11-12,15,25H,2-3,10H2,1H3,(H,21,24)(H,22,26)(H,23,27). The number of sulfonamides is 1. The summed E-state index contributed by atoms with van der Waals surface area (Å²) in [5.41, 5.74) is 4.95. The summed E-state index contributed by atoms with van der Waals surface area (Å²) < 4.78 is 26.9. The molecule has 1 aliphatic heterocycles. The molecule has 0 radical (unpaired) electrons. The molecule has 9 nitrogen and oxygen atoms in total. The van der Waals surface area contributed by atoms with Crippen molar-refractivity contribution < 1.29 is 23.1 Å². The van der Waals surface area contributed by atoms with Crippen molar-refractivity contribution >= 4 is 27.7 Å². The van der Waals surface area contributed by atoms with Gasteiger partial charge in [-0.3, -0.25) is 30.2 Å². The first-order valence-corrected chi connectivity index (χ1v) is 10.9. The number of carbonyl (C=O) groups is 2. The fourth-order valence-electron chi connectivity index (χ4n) is 2.97. The lowest BCUT2D eigenvalue weighted by Gasteiger charge is -2.15. The number of nitrogens with zero attached hydrogens (tertiary/aromatic N) is 1. The predicted molar refractivity (Wildman–Crippen MR) is 110 cm³/mol. The lowest BCUT2D eigenvalue weighted by atomic mass is 10.1. The summed E-state index contributed by atoms with van der Waals surface area (Å²) in [6, 6.07) is 11.4. The van der Waals surface area contributed by atoms with Crippen LogP contribution in [0, 0.1) is 0 Å². The number of hydrogen-bond acceptors (Lipinski definition) is 6. The SMILES string of the molecule is CCCCC(N=C1NS(=O)(=O)c2ccccc21)C(=O)NNC(=O)c1ccccc1O. The number of phenols is 1. The average molecular weight is 430 g/mol. The third-order valence-electron chi connectivity index (χ3n) is 4.53. The topological polar surface area (TPSA) is 137 Å². The Balaban J connectivity index is 1.78. The van der Waals surface area contributed by atoms with Crippen LogP contribution in [0.3, 0.4) is 0 Å². The van der Waals surface area contributed by atoms with Crippen LogP contribution in [0.15, 0.2) is 58.4 Å². The fraction of sp³-hybridized carbons (Fsp3) is 0.250. The number of fused-ring (bicyclic) bond motifs is 1. The molecule has 0 saturated carbocycles. The maximum absolute atomic E-state index is 12.7. The van der Waals surface area contributed by atoms with Gasteiger partial charge in [0.15, 0.2) is 0 Å². The van der Waals surface area contributed by atoms with E-state index in [4.69, 9.17) is 0 Å². The molecular weight excluding hydrogens is 408 g/mol. The second-order valence-corrected chi connectivity index (χ2v) is 8.35. The minimum Gasteiger partial charge on any atom is -0.507 e. The van der Waals surface area contributed by atoms with Crippen molar-refractivity contribution in [3.05, 3.63) is 59.7 Å². The quantitative estimate of drug-likeness (QED) is 0.514. The molecule has 0 spiro atoms. The second kappa shape index (κ2) is 8.95. The predicted octanol–water partition coefficient (Wildman–Crippen LogP) is 1.45. The van der Waals surface area contributed by atoms with Gasteiger partial charge in [0, 0.05) is 5.56 Å². The Labute approximate surface area is 174 Å². The van der Waals surface area contributed by atoms with Gasteiger partial charge < -0.3 is 5.11 Å². The summed E-state index contributed by atoms with van der Waals surface area (Å²) in [6.45, 7) is 1.95. The van der Waals surface area contributed by atoms with Gasteiger partial charge in [-0.1, -0.05) is 44.0 Å². The highest BCUT2D eigenvalue weighted by molar-refractivity contribution is 7.90. The highest BCUT2D eigenvalue weighted by Gasteiger charge is 2.31. The zero-order valence-corrected chi connectivity index (χ0v) is 17.1. The highest BCUT2D eigenvalue weighted by atomic mass is 32.2. The number of hydrogen-bond donors (Lipinski definition) is 4. The number of aromatic hydroxyl groups is 1. The Bertz CT molecular complexity index is 1100. The number of amidine groups is 1. The maximum atomic E-state index is 12.7. The molecule has 0 saturated heterocycles. The molecule has 1 heterocycles. The molecule has 0 bridgehead atoms. The summed E-state index contributed by atoms with van der Waals surface area (Å²) >= 11 is 0.